The van der Waals surface area contributed by atoms with Crippen LogP contribution in [-0.2, 0) is 0 Å². The Kier molecular flexibility index (Phi) is 2.15. The molecule has 3 heteroatoms. The Morgan fingerprint density at radius 3 is 2.69 bits per heavy atom. The average Bonchev–Trinajstić information content (AvgIpc) is 2.77. The molecule has 0 fully saturated rings. The van der Waals surface area contributed by atoms with Crippen LogP contribution in [0.1, 0.15) is 0 Å². The van der Waals surface area contributed by atoms with E-state index >= 15 is 0 Å². The smallest absolute Gasteiger partial charge is 0.139 e. The van der Waals surface area contributed by atoms with E-state index in [4.69, 9.17) is 11.6 Å². The van der Waals surface area contributed by atoms with E-state index in [0.29, 0.717) is 5.15 Å². The topological polar surface area (TPSA) is 28.7 Å². The molecule has 3 rings (SSSR count). The molecule has 16 heavy (non-hydrogen) atoms. The summed E-state index contributed by atoms with van der Waals surface area (Å²) < 4.78 is 0. The number of hydrogen-bond donors (Lipinski definition) is 1. The van der Waals surface area contributed by atoms with Gasteiger partial charge in [-0.2, -0.15) is 0 Å². The summed E-state index contributed by atoms with van der Waals surface area (Å²) in [5.74, 6) is 0. The molecular weight excluding hydrogens is 220 g/mol. The molecule has 0 radical (unpaired) electrons. The monoisotopic (exact) mass is 228 g/mol. The summed E-state index contributed by atoms with van der Waals surface area (Å²) in [5.41, 5.74) is 3.08. The molecule has 0 amide bonds. The molecule has 0 unspecified atom stereocenters. The SMILES string of the molecule is Clc1cc(-c2ccccc2)c2cc[nH]c2n1. The second-order valence-electron chi connectivity index (χ2n) is 3.60. The number of H-pyrrole nitrogens is 1. The Balaban J connectivity index is 2.34. The first kappa shape index (κ1) is 9.43. The van der Waals surface area contributed by atoms with E-state index in [9.17, 15) is 0 Å². The molecule has 2 aromatic heterocycles. The van der Waals surface area contributed by atoms with Gasteiger partial charge < -0.3 is 4.98 Å². The fraction of sp³-hybridized carbons (Fsp3) is 0. The number of aromatic amines is 1. The van der Waals surface area contributed by atoms with E-state index in [2.05, 4.69) is 22.1 Å². The number of nitrogens with one attached hydrogen (secondary N) is 1. The van der Waals surface area contributed by atoms with Gasteiger partial charge in [-0.1, -0.05) is 41.9 Å². The highest BCUT2D eigenvalue weighted by molar-refractivity contribution is 6.30. The van der Waals surface area contributed by atoms with Crippen molar-refractivity contribution in [2.45, 2.75) is 0 Å². The Bertz CT molecular complexity index is 629. The molecule has 0 aliphatic carbocycles. The lowest BCUT2D eigenvalue weighted by atomic mass is 10.0. The third-order valence-corrected chi connectivity index (χ3v) is 2.78. The number of nitrogens with zero attached hydrogens (tertiary/aromatic N) is 1. The molecule has 0 saturated carbocycles. The van der Waals surface area contributed by atoms with E-state index in [1.54, 1.807) is 0 Å². The van der Waals surface area contributed by atoms with Crippen LogP contribution in [0.4, 0.5) is 0 Å². The lowest BCUT2D eigenvalue weighted by Gasteiger charge is -2.03. The number of hydrogen-bond acceptors (Lipinski definition) is 1. The highest BCUT2D eigenvalue weighted by atomic mass is 35.5. The molecule has 0 aliphatic heterocycles. The first-order valence-corrected chi connectivity index (χ1v) is 5.41. The van der Waals surface area contributed by atoms with Gasteiger partial charge in [0.1, 0.15) is 10.8 Å². The molecule has 3 aromatic rings. The molecule has 1 aromatic carbocycles. The predicted molar refractivity (Wildman–Crippen MR) is 66.5 cm³/mol. The fourth-order valence-electron chi connectivity index (χ4n) is 1.86. The van der Waals surface area contributed by atoms with Crippen molar-refractivity contribution in [2.75, 3.05) is 0 Å². The summed E-state index contributed by atoms with van der Waals surface area (Å²) in [6.45, 7) is 0. The van der Waals surface area contributed by atoms with E-state index in [-0.39, 0.29) is 0 Å². The number of halogens is 1. The Morgan fingerprint density at radius 1 is 1.06 bits per heavy atom. The molecule has 1 N–H and O–H groups in total. The van der Waals surface area contributed by atoms with E-state index in [1.807, 2.05) is 36.5 Å². The number of fused-ring (bicyclic) bond motifs is 1. The zero-order valence-corrected chi connectivity index (χ0v) is 9.20. The van der Waals surface area contributed by atoms with Gasteiger partial charge in [0, 0.05) is 11.6 Å². The van der Waals surface area contributed by atoms with Crippen molar-refractivity contribution in [2.24, 2.45) is 0 Å². The van der Waals surface area contributed by atoms with Crippen LogP contribution in [0, 0.1) is 0 Å². The van der Waals surface area contributed by atoms with E-state index in [0.717, 1.165) is 22.2 Å². The maximum absolute atomic E-state index is 6.00. The van der Waals surface area contributed by atoms with Crippen LogP contribution in [-0.4, -0.2) is 9.97 Å². The normalized spacial score (nSPS) is 10.8. The van der Waals surface area contributed by atoms with Crippen molar-refractivity contribution in [3.63, 3.8) is 0 Å². The Labute approximate surface area is 97.9 Å². The highest BCUT2D eigenvalue weighted by Gasteiger charge is 2.06. The number of aromatic nitrogens is 2. The quantitative estimate of drug-likeness (QED) is 0.629. The second-order valence-corrected chi connectivity index (χ2v) is 3.99. The number of rotatable bonds is 1. The zero-order valence-electron chi connectivity index (χ0n) is 8.44. The van der Waals surface area contributed by atoms with Crippen molar-refractivity contribution in [3.05, 3.63) is 53.8 Å². The van der Waals surface area contributed by atoms with Gasteiger partial charge >= 0.3 is 0 Å². The standard InChI is InChI=1S/C13H9ClN2/c14-12-8-11(9-4-2-1-3-5-9)10-6-7-15-13(10)16-12/h1-8H,(H,15,16). The summed E-state index contributed by atoms with van der Waals surface area (Å²) in [6, 6.07) is 14.1. The van der Waals surface area contributed by atoms with Crippen LogP contribution < -0.4 is 0 Å². The van der Waals surface area contributed by atoms with Gasteiger partial charge in [0.25, 0.3) is 0 Å². The molecule has 0 aliphatic rings. The van der Waals surface area contributed by atoms with Gasteiger partial charge in [-0.3, -0.25) is 0 Å². The minimum Gasteiger partial charge on any atom is -0.346 e. The maximum atomic E-state index is 6.00. The number of benzene rings is 1. The lowest BCUT2D eigenvalue weighted by Crippen LogP contribution is -1.83. The van der Waals surface area contributed by atoms with Gasteiger partial charge in [-0.05, 0) is 23.3 Å². The molecule has 78 valence electrons. The van der Waals surface area contributed by atoms with Crippen molar-refractivity contribution in [3.8, 4) is 11.1 Å². The molecule has 0 spiro atoms. The van der Waals surface area contributed by atoms with Crippen LogP contribution in [0.2, 0.25) is 5.15 Å². The van der Waals surface area contributed by atoms with Gasteiger partial charge in [-0.25, -0.2) is 4.98 Å². The summed E-state index contributed by atoms with van der Waals surface area (Å²) in [7, 11) is 0. The highest BCUT2D eigenvalue weighted by Crippen LogP contribution is 2.29. The molecule has 0 bridgehead atoms. The third kappa shape index (κ3) is 1.48. The first-order valence-electron chi connectivity index (χ1n) is 5.03. The van der Waals surface area contributed by atoms with Crippen LogP contribution in [0.25, 0.3) is 22.2 Å². The fourth-order valence-corrected chi connectivity index (χ4v) is 2.06. The largest absolute Gasteiger partial charge is 0.346 e. The lowest BCUT2D eigenvalue weighted by molar-refractivity contribution is 1.33. The average molecular weight is 229 g/mol. The van der Waals surface area contributed by atoms with Crippen molar-refractivity contribution < 1.29 is 0 Å². The van der Waals surface area contributed by atoms with Crippen molar-refractivity contribution in [1.82, 2.24) is 9.97 Å². The first-order chi connectivity index (χ1) is 7.84. The van der Waals surface area contributed by atoms with E-state index in [1.165, 1.54) is 0 Å². The minimum absolute atomic E-state index is 0.508. The molecule has 2 heterocycles. The van der Waals surface area contributed by atoms with Gasteiger partial charge in [0.15, 0.2) is 0 Å². The summed E-state index contributed by atoms with van der Waals surface area (Å²) in [6.07, 6.45) is 1.88. The summed E-state index contributed by atoms with van der Waals surface area (Å²) in [4.78, 5) is 7.31. The maximum Gasteiger partial charge on any atom is 0.139 e. The summed E-state index contributed by atoms with van der Waals surface area (Å²) in [5, 5.41) is 1.60. The molecule has 0 atom stereocenters. The van der Waals surface area contributed by atoms with Gasteiger partial charge in [0.05, 0.1) is 0 Å². The molecule has 2 nitrogen and oxygen atoms in total. The minimum atomic E-state index is 0.508. The third-order valence-electron chi connectivity index (χ3n) is 2.58. The summed E-state index contributed by atoms with van der Waals surface area (Å²) >= 11 is 6.00. The Morgan fingerprint density at radius 2 is 1.88 bits per heavy atom. The van der Waals surface area contributed by atoms with E-state index < -0.39 is 0 Å². The predicted octanol–water partition coefficient (Wildman–Crippen LogP) is 3.88. The van der Waals surface area contributed by atoms with Crippen molar-refractivity contribution in [1.29, 1.82) is 0 Å². The van der Waals surface area contributed by atoms with Crippen molar-refractivity contribution >= 4 is 22.6 Å². The second kappa shape index (κ2) is 3.65. The van der Waals surface area contributed by atoms with Crippen LogP contribution in [0.15, 0.2) is 48.7 Å². The number of pyridine rings is 1. The molecule has 0 saturated heterocycles. The molecular formula is C13H9ClN2. The van der Waals surface area contributed by atoms with Gasteiger partial charge in [0.2, 0.25) is 0 Å². The van der Waals surface area contributed by atoms with Crippen LogP contribution >= 0.6 is 11.6 Å². The van der Waals surface area contributed by atoms with Crippen LogP contribution in [0.5, 0.6) is 0 Å². The zero-order chi connectivity index (χ0) is 11.0. The Hall–Kier alpha value is -1.80. The van der Waals surface area contributed by atoms with Crippen LogP contribution in [0.3, 0.4) is 0 Å². The van der Waals surface area contributed by atoms with Gasteiger partial charge in [-0.15, -0.1) is 0 Å².